The molecule has 6 nitrogen and oxygen atoms in total. The van der Waals surface area contributed by atoms with Crippen LogP contribution < -0.4 is 4.72 Å². The Morgan fingerprint density at radius 1 is 1.45 bits per heavy atom. The fraction of sp³-hybridized carbons (Fsp3) is 0.167. The van der Waals surface area contributed by atoms with Gasteiger partial charge in [0.15, 0.2) is 5.82 Å². The summed E-state index contributed by atoms with van der Waals surface area (Å²) in [5.74, 6) is -0.448. The van der Waals surface area contributed by atoms with Crippen molar-refractivity contribution in [1.29, 1.82) is 5.26 Å². The van der Waals surface area contributed by atoms with E-state index in [0.717, 1.165) is 12.1 Å². The van der Waals surface area contributed by atoms with Crippen molar-refractivity contribution < 1.29 is 12.8 Å². The molecule has 0 aliphatic carbocycles. The zero-order valence-corrected chi connectivity index (χ0v) is 11.6. The fourth-order valence-corrected chi connectivity index (χ4v) is 3.07. The lowest BCUT2D eigenvalue weighted by atomic mass is 10.2. The predicted molar refractivity (Wildman–Crippen MR) is 69.9 cm³/mol. The molecule has 0 spiro atoms. The maximum absolute atomic E-state index is 13.0. The summed E-state index contributed by atoms with van der Waals surface area (Å²) in [6, 6.07) is 5.21. The van der Waals surface area contributed by atoms with Gasteiger partial charge in [-0.15, -0.1) is 0 Å². The van der Waals surface area contributed by atoms with Gasteiger partial charge in [0.25, 0.3) is 10.0 Å². The maximum Gasteiger partial charge on any atom is 0.263 e. The molecule has 104 valence electrons. The molecule has 1 N–H and O–H groups in total. The highest BCUT2D eigenvalue weighted by atomic mass is 32.2. The normalized spacial score (nSPS) is 11.1. The molecule has 1 heterocycles. The number of benzene rings is 1. The standard InChI is InChI=1S/C12H11FN4O2S/c1-8-5-10(13)3-4-11(8)20(18,19)16-12-9(6-14)7-15-17(12)2/h3-5,7,16H,1-2H3. The van der Waals surface area contributed by atoms with Gasteiger partial charge in [0.2, 0.25) is 0 Å². The second-order valence-electron chi connectivity index (χ2n) is 4.16. The highest BCUT2D eigenvalue weighted by Gasteiger charge is 2.21. The van der Waals surface area contributed by atoms with Gasteiger partial charge in [-0.05, 0) is 30.7 Å². The third kappa shape index (κ3) is 2.48. The number of hydrogen-bond acceptors (Lipinski definition) is 4. The third-order valence-electron chi connectivity index (χ3n) is 2.72. The lowest BCUT2D eigenvalue weighted by Crippen LogP contribution is -2.17. The van der Waals surface area contributed by atoms with Crippen LogP contribution in [0.15, 0.2) is 29.3 Å². The second-order valence-corrected chi connectivity index (χ2v) is 5.81. The molecule has 0 radical (unpaired) electrons. The van der Waals surface area contributed by atoms with Crippen molar-refractivity contribution in [3.8, 4) is 6.07 Å². The molecule has 0 saturated carbocycles. The number of sulfonamides is 1. The Morgan fingerprint density at radius 3 is 2.75 bits per heavy atom. The molecule has 0 saturated heterocycles. The Morgan fingerprint density at radius 2 is 2.15 bits per heavy atom. The lowest BCUT2D eigenvalue weighted by molar-refractivity contribution is 0.597. The monoisotopic (exact) mass is 294 g/mol. The molecule has 20 heavy (non-hydrogen) atoms. The number of nitrogens with zero attached hydrogens (tertiary/aromatic N) is 3. The van der Waals surface area contributed by atoms with E-state index >= 15 is 0 Å². The first kappa shape index (κ1) is 14.0. The van der Waals surface area contributed by atoms with Crippen molar-refractivity contribution in [2.75, 3.05) is 4.72 Å². The molecular weight excluding hydrogens is 283 g/mol. The van der Waals surface area contributed by atoms with E-state index in [9.17, 15) is 12.8 Å². The van der Waals surface area contributed by atoms with Crippen molar-refractivity contribution in [1.82, 2.24) is 9.78 Å². The van der Waals surface area contributed by atoms with Crippen LogP contribution in [0.4, 0.5) is 10.2 Å². The molecule has 8 heteroatoms. The van der Waals surface area contributed by atoms with E-state index in [1.807, 2.05) is 6.07 Å². The molecular formula is C12H11FN4O2S. The van der Waals surface area contributed by atoms with Crippen LogP contribution in [0.1, 0.15) is 11.1 Å². The molecule has 0 aliphatic heterocycles. The number of anilines is 1. The van der Waals surface area contributed by atoms with Crippen LogP contribution in [-0.2, 0) is 17.1 Å². The largest absolute Gasteiger partial charge is 0.263 e. The van der Waals surface area contributed by atoms with Gasteiger partial charge < -0.3 is 0 Å². The molecule has 0 atom stereocenters. The first-order valence-electron chi connectivity index (χ1n) is 5.56. The average Bonchev–Trinajstić information content (AvgIpc) is 2.69. The molecule has 0 unspecified atom stereocenters. The third-order valence-corrected chi connectivity index (χ3v) is 4.22. The van der Waals surface area contributed by atoms with Gasteiger partial charge in [0, 0.05) is 7.05 Å². The second kappa shape index (κ2) is 4.94. The number of halogens is 1. The summed E-state index contributed by atoms with van der Waals surface area (Å²) in [4.78, 5) is -0.0519. The summed E-state index contributed by atoms with van der Waals surface area (Å²) in [6.45, 7) is 1.49. The number of nitrogens with one attached hydrogen (secondary N) is 1. The summed E-state index contributed by atoms with van der Waals surface area (Å²) in [5, 5.41) is 12.7. The zero-order chi connectivity index (χ0) is 14.9. The Labute approximate surface area is 115 Å². The molecule has 0 amide bonds. The van der Waals surface area contributed by atoms with Crippen LogP contribution in [0.25, 0.3) is 0 Å². The SMILES string of the molecule is Cc1cc(F)ccc1S(=O)(=O)Nc1c(C#N)cnn1C. The first-order chi connectivity index (χ1) is 9.35. The minimum absolute atomic E-state index is 0.0519. The van der Waals surface area contributed by atoms with E-state index in [-0.39, 0.29) is 21.8 Å². The lowest BCUT2D eigenvalue weighted by Gasteiger charge is -2.10. The molecule has 0 fully saturated rings. The summed E-state index contributed by atoms with van der Waals surface area (Å²) < 4.78 is 41.1. The molecule has 2 rings (SSSR count). The van der Waals surface area contributed by atoms with Gasteiger partial charge in [0.1, 0.15) is 17.4 Å². The fourth-order valence-electron chi connectivity index (χ4n) is 1.74. The summed E-state index contributed by atoms with van der Waals surface area (Å²) in [7, 11) is -2.40. The van der Waals surface area contributed by atoms with E-state index in [2.05, 4.69) is 9.82 Å². The van der Waals surface area contributed by atoms with Gasteiger partial charge in [-0.25, -0.2) is 12.8 Å². The van der Waals surface area contributed by atoms with Crippen LogP contribution in [0.5, 0.6) is 0 Å². The molecule has 0 bridgehead atoms. The summed E-state index contributed by atoms with van der Waals surface area (Å²) in [5.41, 5.74) is 0.383. The highest BCUT2D eigenvalue weighted by molar-refractivity contribution is 7.92. The number of aromatic nitrogens is 2. The molecule has 0 aliphatic rings. The van der Waals surface area contributed by atoms with Gasteiger partial charge in [-0.2, -0.15) is 10.4 Å². The van der Waals surface area contributed by atoms with Crippen molar-refractivity contribution in [2.45, 2.75) is 11.8 Å². The Bertz CT molecular complexity index is 805. The number of aryl methyl sites for hydroxylation is 2. The number of nitriles is 1. The number of rotatable bonds is 3. The minimum Gasteiger partial charge on any atom is -0.262 e. The topological polar surface area (TPSA) is 87.8 Å². The van der Waals surface area contributed by atoms with Crippen molar-refractivity contribution in [2.24, 2.45) is 7.05 Å². The van der Waals surface area contributed by atoms with E-state index in [0.29, 0.717) is 0 Å². The van der Waals surface area contributed by atoms with Crippen molar-refractivity contribution in [3.63, 3.8) is 0 Å². The Hall–Kier alpha value is -2.40. The van der Waals surface area contributed by atoms with E-state index in [1.54, 1.807) is 0 Å². The summed E-state index contributed by atoms with van der Waals surface area (Å²) >= 11 is 0. The maximum atomic E-state index is 13.0. The van der Waals surface area contributed by atoms with Crippen LogP contribution in [0.3, 0.4) is 0 Å². The van der Waals surface area contributed by atoms with Crippen molar-refractivity contribution in [3.05, 3.63) is 41.3 Å². The average molecular weight is 294 g/mol. The van der Waals surface area contributed by atoms with E-state index in [1.165, 1.54) is 30.9 Å². The van der Waals surface area contributed by atoms with Gasteiger partial charge in [-0.1, -0.05) is 0 Å². The van der Waals surface area contributed by atoms with Crippen LogP contribution in [0, 0.1) is 24.1 Å². The van der Waals surface area contributed by atoms with Crippen molar-refractivity contribution >= 4 is 15.8 Å². The van der Waals surface area contributed by atoms with E-state index in [4.69, 9.17) is 5.26 Å². The Kier molecular flexibility index (Phi) is 3.46. The quantitative estimate of drug-likeness (QED) is 0.930. The van der Waals surface area contributed by atoms with Gasteiger partial charge in [-0.3, -0.25) is 9.40 Å². The zero-order valence-electron chi connectivity index (χ0n) is 10.8. The number of hydrogen-bond donors (Lipinski definition) is 1. The molecule has 1 aromatic carbocycles. The minimum atomic E-state index is -3.91. The highest BCUT2D eigenvalue weighted by Crippen LogP contribution is 2.21. The van der Waals surface area contributed by atoms with Gasteiger partial charge in [0.05, 0.1) is 11.1 Å². The first-order valence-corrected chi connectivity index (χ1v) is 7.04. The van der Waals surface area contributed by atoms with Gasteiger partial charge >= 0.3 is 0 Å². The summed E-state index contributed by atoms with van der Waals surface area (Å²) in [6.07, 6.45) is 1.26. The predicted octanol–water partition coefficient (Wildman–Crippen LogP) is 1.54. The van der Waals surface area contributed by atoms with Crippen LogP contribution in [0.2, 0.25) is 0 Å². The Balaban J connectivity index is 2.47. The van der Waals surface area contributed by atoms with E-state index < -0.39 is 15.8 Å². The van der Waals surface area contributed by atoms with Crippen LogP contribution in [-0.4, -0.2) is 18.2 Å². The molecule has 1 aromatic heterocycles. The smallest absolute Gasteiger partial charge is 0.262 e. The van der Waals surface area contributed by atoms with Crippen LogP contribution >= 0.6 is 0 Å². The molecule has 2 aromatic rings.